The third kappa shape index (κ3) is 4.01. The lowest BCUT2D eigenvalue weighted by Gasteiger charge is -2.11. The van der Waals surface area contributed by atoms with E-state index in [2.05, 4.69) is 15.9 Å². The highest BCUT2D eigenvalue weighted by molar-refractivity contribution is 9.10. The second-order valence-electron chi connectivity index (χ2n) is 3.84. The minimum atomic E-state index is -4.33. The molecule has 0 saturated carbocycles. The molecular weight excluding hydrogens is 313 g/mol. The van der Waals surface area contributed by atoms with Crippen molar-refractivity contribution < 1.29 is 22.7 Å². The number of hydrogen-bond acceptors (Lipinski definition) is 2. The fourth-order valence-corrected chi connectivity index (χ4v) is 1.78. The Morgan fingerprint density at radius 3 is 2.50 bits per heavy atom. The topological polar surface area (TPSA) is 26.3 Å². The van der Waals surface area contributed by atoms with E-state index in [-0.39, 0.29) is 5.56 Å². The predicted octanol–water partition coefficient (Wildman–Crippen LogP) is 4.29. The molecule has 18 heavy (non-hydrogen) atoms. The van der Waals surface area contributed by atoms with E-state index in [0.29, 0.717) is 10.2 Å². The van der Waals surface area contributed by atoms with Crippen molar-refractivity contribution in [3.63, 3.8) is 0 Å². The number of rotatable bonds is 4. The summed E-state index contributed by atoms with van der Waals surface area (Å²) in [6, 6.07) is 3.11. The Bertz CT molecular complexity index is 455. The first-order chi connectivity index (χ1) is 8.24. The molecule has 0 radical (unpaired) electrons. The van der Waals surface area contributed by atoms with E-state index < -0.39 is 24.8 Å². The lowest BCUT2D eigenvalue weighted by molar-refractivity contribution is -0.133. The van der Waals surface area contributed by atoms with Gasteiger partial charge < -0.3 is 4.74 Å². The van der Waals surface area contributed by atoms with Crippen LogP contribution in [0.1, 0.15) is 28.8 Å². The summed E-state index contributed by atoms with van der Waals surface area (Å²) in [6.07, 6.45) is -6.03. The maximum Gasteiger partial charge on any atom is 0.389 e. The number of carbonyl (C=O) groups is 1. The van der Waals surface area contributed by atoms with Crippen LogP contribution in [0.15, 0.2) is 16.6 Å². The van der Waals surface area contributed by atoms with Crippen LogP contribution in [-0.4, -0.2) is 19.1 Å². The molecule has 100 valence electrons. The molecule has 2 nitrogen and oxygen atoms in total. The fraction of sp³-hybridized carbons (Fsp3) is 0.417. The molecule has 0 atom stereocenters. The first-order valence-electron chi connectivity index (χ1n) is 5.18. The molecule has 0 aliphatic carbocycles. The van der Waals surface area contributed by atoms with Gasteiger partial charge in [0, 0.05) is 10.9 Å². The van der Waals surface area contributed by atoms with E-state index in [0.717, 1.165) is 5.56 Å². The van der Waals surface area contributed by atoms with Gasteiger partial charge in [0.1, 0.15) is 5.75 Å². The van der Waals surface area contributed by atoms with Crippen LogP contribution in [-0.2, 0) is 0 Å². The standard InChI is InChI=1S/C12H12BrF3O2/c1-7-5-11(18-2)8(6-9(7)13)10(17)3-4-12(14,15)16/h5-6H,3-4H2,1-2H3. The van der Waals surface area contributed by atoms with Crippen molar-refractivity contribution in [1.82, 2.24) is 0 Å². The number of aryl methyl sites for hydroxylation is 1. The number of ketones is 1. The van der Waals surface area contributed by atoms with Gasteiger partial charge in [0.25, 0.3) is 0 Å². The maximum absolute atomic E-state index is 12.1. The number of halogens is 4. The highest BCUT2D eigenvalue weighted by atomic mass is 79.9. The molecule has 0 amide bonds. The van der Waals surface area contributed by atoms with Gasteiger partial charge in [0.05, 0.1) is 19.1 Å². The second kappa shape index (κ2) is 5.73. The molecule has 6 heteroatoms. The van der Waals surface area contributed by atoms with Crippen LogP contribution in [0.2, 0.25) is 0 Å². The van der Waals surface area contributed by atoms with Crippen LogP contribution in [0.3, 0.4) is 0 Å². The molecule has 0 aliphatic heterocycles. The van der Waals surface area contributed by atoms with E-state index in [1.165, 1.54) is 13.2 Å². The van der Waals surface area contributed by atoms with Crippen molar-refractivity contribution in [1.29, 1.82) is 0 Å². The number of ether oxygens (including phenoxy) is 1. The summed E-state index contributed by atoms with van der Waals surface area (Å²) in [5.41, 5.74) is 1.01. The summed E-state index contributed by atoms with van der Waals surface area (Å²) < 4.78 is 41.9. The molecule has 0 fully saturated rings. The van der Waals surface area contributed by atoms with Crippen LogP contribution in [0.4, 0.5) is 13.2 Å². The van der Waals surface area contributed by atoms with Gasteiger partial charge in [-0.15, -0.1) is 0 Å². The van der Waals surface area contributed by atoms with Gasteiger partial charge >= 0.3 is 6.18 Å². The lowest BCUT2D eigenvalue weighted by atomic mass is 10.0. The number of hydrogen-bond donors (Lipinski definition) is 0. The second-order valence-corrected chi connectivity index (χ2v) is 4.69. The molecule has 0 unspecified atom stereocenters. The largest absolute Gasteiger partial charge is 0.496 e. The van der Waals surface area contributed by atoms with E-state index in [4.69, 9.17) is 4.74 Å². The lowest BCUT2D eigenvalue weighted by Crippen LogP contribution is -2.11. The zero-order valence-electron chi connectivity index (χ0n) is 9.90. The minimum Gasteiger partial charge on any atom is -0.496 e. The minimum absolute atomic E-state index is 0.166. The van der Waals surface area contributed by atoms with Gasteiger partial charge in [-0.2, -0.15) is 13.2 Å². The van der Waals surface area contributed by atoms with E-state index >= 15 is 0 Å². The highest BCUT2D eigenvalue weighted by Gasteiger charge is 2.28. The van der Waals surface area contributed by atoms with E-state index in [1.54, 1.807) is 13.0 Å². The molecule has 0 saturated heterocycles. The monoisotopic (exact) mass is 324 g/mol. The van der Waals surface area contributed by atoms with Gasteiger partial charge in [-0.3, -0.25) is 4.79 Å². The first-order valence-corrected chi connectivity index (χ1v) is 5.98. The molecule has 1 rings (SSSR count). The summed E-state index contributed by atoms with van der Waals surface area (Å²) >= 11 is 3.24. The van der Waals surface area contributed by atoms with Crippen LogP contribution in [0.5, 0.6) is 5.75 Å². The third-order valence-electron chi connectivity index (χ3n) is 2.42. The number of Topliss-reactive ketones (excluding diaryl/α,β-unsaturated/α-hetero) is 1. The molecule has 0 spiro atoms. The number of alkyl halides is 3. The van der Waals surface area contributed by atoms with Crippen molar-refractivity contribution >= 4 is 21.7 Å². The summed E-state index contributed by atoms with van der Waals surface area (Å²) in [5, 5.41) is 0. The van der Waals surface area contributed by atoms with Gasteiger partial charge in [-0.1, -0.05) is 15.9 Å². The van der Waals surface area contributed by atoms with E-state index in [9.17, 15) is 18.0 Å². The maximum atomic E-state index is 12.1. The van der Waals surface area contributed by atoms with Crippen molar-refractivity contribution in [2.75, 3.05) is 7.11 Å². The van der Waals surface area contributed by atoms with Gasteiger partial charge in [-0.05, 0) is 24.6 Å². The molecule has 1 aromatic carbocycles. The molecular formula is C12H12BrF3O2. The molecule has 0 aromatic heterocycles. The highest BCUT2D eigenvalue weighted by Crippen LogP contribution is 2.29. The van der Waals surface area contributed by atoms with E-state index in [1.807, 2.05) is 0 Å². The third-order valence-corrected chi connectivity index (χ3v) is 3.27. The molecule has 0 aliphatic rings. The quantitative estimate of drug-likeness (QED) is 0.772. The number of benzene rings is 1. The Morgan fingerprint density at radius 1 is 1.39 bits per heavy atom. The number of methoxy groups -OCH3 is 1. The molecule has 1 aromatic rings. The molecule has 0 heterocycles. The summed E-state index contributed by atoms with van der Waals surface area (Å²) in [4.78, 5) is 11.7. The van der Waals surface area contributed by atoms with Gasteiger partial charge in [0.2, 0.25) is 0 Å². The summed E-state index contributed by atoms with van der Waals surface area (Å²) in [5.74, 6) is -0.284. The number of carbonyl (C=O) groups excluding carboxylic acids is 1. The molecule has 0 N–H and O–H groups in total. The van der Waals surface area contributed by atoms with Crippen molar-refractivity contribution in [2.24, 2.45) is 0 Å². The van der Waals surface area contributed by atoms with Crippen LogP contribution < -0.4 is 4.74 Å². The Balaban J connectivity index is 2.95. The zero-order chi connectivity index (χ0) is 13.9. The summed E-state index contributed by atoms with van der Waals surface area (Å²) in [6.45, 7) is 1.80. The Hall–Kier alpha value is -1.04. The van der Waals surface area contributed by atoms with Crippen molar-refractivity contribution in [3.8, 4) is 5.75 Å². The Kier molecular flexibility index (Phi) is 4.78. The van der Waals surface area contributed by atoms with Crippen LogP contribution in [0, 0.1) is 6.92 Å². The summed E-state index contributed by atoms with van der Waals surface area (Å²) in [7, 11) is 1.38. The zero-order valence-corrected chi connectivity index (χ0v) is 11.5. The average molecular weight is 325 g/mol. The SMILES string of the molecule is COc1cc(C)c(Br)cc1C(=O)CCC(F)(F)F. The smallest absolute Gasteiger partial charge is 0.389 e. The average Bonchev–Trinajstić information content (AvgIpc) is 2.28. The van der Waals surface area contributed by atoms with Crippen molar-refractivity contribution in [2.45, 2.75) is 25.9 Å². The molecule has 0 bridgehead atoms. The van der Waals surface area contributed by atoms with Crippen molar-refractivity contribution in [3.05, 3.63) is 27.7 Å². The normalized spacial score (nSPS) is 11.4. The van der Waals surface area contributed by atoms with Gasteiger partial charge in [-0.25, -0.2) is 0 Å². The fourth-order valence-electron chi connectivity index (χ4n) is 1.43. The van der Waals surface area contributed by atoms with Crippen LogP contribution >= 0.6 is 15.9 Å². The predicted molar refractivity (Wildman–Crippen MR) is 65.1 cm³/mol. The van der Waals surface area contributed by atoms with Crippen LogP contribution in [0.25, 0.3) is 0 Å². The Morgan fingerprint density at radius 2 is 2.00 bits per heavy atom. The first kappa shape index (κ1) is 15.0. The Labute approximate surface area is 111 Å². The van der Waals surface area contributed by atoms with Gasteiger partial charge in [0.15, 0.2) is 5.78 Å².